The van der Waals surface area contributed by atoms with E-state index in [-0.39, 0.29) is 12.3 Å². The van der Waals surface area contributed by atoms with Crippen molar-refractivity contribution in [1.29, 1.82) is 0 Å². The van der Waals surface area contributed by atoms with Crippen molar-refractivity contribution in [2.45, 2.75) is 24.2 Å². The van der Waals surface area contributed by atoms with Crippen LogP contribution in [0.4, 0.5) is 5.69 Å². The Labute approximate surface area is 114 Å². The first-order valence-corrected chi connectivity index (χ1v) is 6.86. The van der Waals surface area contributed by atoms with Gasteiger partial charge >= 0.3 is 0 Å². The minimum absolute atomic E-state index is 0.0745. The molecule has 0 saturated heterocycles. The summed E-state index contributed by atoms with van der Waals surface area (Å²) in [5, 5.41) is 3.42. The molecule has 0 saturated carbocycles. The third kappa shape index (κ3) is 4.37. The molecule has 3 nitrogen and oxygen atoms in total. The highest BCUT2D eigenvalue weighted by Gasteiger charge is 2.16. The molecule has 1 aromatic carbocycles. The van der Waals surface area contributed by atoms with Crippen LogP contribution in [0.15, 0.2) is 41.8 Å². The van der Waals surface area contributed by atoms with Crippen molar-refractivity contribution >= 4 is 17.4 Å². The Kier molecular flexibility index (Phi) is 6.86. The van der Waals surface area contributed by atoms with E-state index in [2.05, 4.69) is 24.0 Å². The lowest BCUT2D eigenvalue weighted by molar-refractivity contribution is -0.109. The first-order valence-electron chi connectivity index (χ1n) is 5.87. The monoisotopic (exact) mass is 267 g/mol. The van der Waals surface area contributed by atoms with Crippen LogP contribution >= 0.6 is 11.8 Å². The smallest absolute Gasteiger partial charge is 0.176 e. The molecule has 0 aliphatic rings. The lowest BCUT2D eigenvalue weighted by atomic mass is 10.2. The van der Waals surface area contributed by atoms with Crippen molar-refractivity contribution in [3.05, 3.63) is 36.9 Å². The molecule has 4 heteroatoms. The number of anilines is 1. The Morgan fingerprint density at radius 1 is 1.33 bits per heavy atom. The number of ether oxygens (including phenoxy) is 2. The minimum atomic E-state index is -0.262. The second-order valence-electron chi connectivity index (χ2n) is 3.87. The van der Waals surface area contributed by atoms with Crippen LogP contribution < -0.4 is 5.32 Å². The van der Waals surface area contributed by atoms with Crippen molar-refractivity contribution < 1.29 is 9.47 Å². The van der Waals surface area contributed by atoms with Gasteiger partial charge in [-0.05, 0) is 19.1 Å². The highest BCUT2D eigenvalue weighted by molar-refractivity contribution is 7.99. The molecule has 1 aromatic rings. The molecule has 0 spiro atoms. The van der Waals surface area contributed by atoms with Crippen molar-refractivity contribution in [2.75, 3.05) is 25.3 Å². The van der Waals surface area contributed by atoms with E-state index in [0.717, 1.165) is 11.4 Å². The van der Waals surface area contributed by atoms with Gasteiger partial charge in [-0.15, -0.1) is 18.3 Å². The number of rotatable bonds is 8. The molecule has 1 rings (SSSR count). The van der Waals surface area contributed by atoms with Crippen LogP contribution in [0.3, 0.4) is 0 Å². The van der Waals surface area contributed by atoms with Gasteiger partial charge in [0.25, 0.3) is 0 Å². The second kappa shape index (κ2) is 8.19. The summed E-state index contributed by atoms with van der Waals surface area (Å²) in [5.41, 5.74) is 1.09. The summed E-state index contributed by atoms with van der Waals surface area (Å²) in [6, 6.07) is 8.28. The van der Waals surface area contributed by atoms with Gasteiger partial charge in [0.1, 0.15) is 0 Å². The van der Waals surface area contributed by atoms with E-state index in [1.54, 1.807) is 26.0 Å². The number of benzene rings is 1. The van der Waals surface area contributed by atoms with Gasteiger partial charge in [0.2, 0.25) is 0 Å². The maximum absolute atomic E-state index is 5.25. The number of hydrogen-bond acceptors (Lipinski definition) is 4. The summed E-state index contributed by atoms with van der Waals surface area (Å²) in [4.78, 5) is 1.20. The lowest BCUT2D eigenvalue weighted by Gasteiger charge is -2.24. The van der Waals surface area contributed by atoms with Crippen LogP contribution in [0, 0.1) is 0 Å². The summed E-state index contributed by atoms with van der Waals surface area (Å²) in [7, 11) is 3.29. The average molecular weight is 267 g/mol. The molecule has 0 fully saturated rings. The molecule has 0 heterocycles. The molecule has 1 atom stereocenters. The normalized spacial score (nSPS) is 12.4. The standard InChI is InChI=1S/C14H21NO2S/c1-5-10-18-13-9-7-6-8-12(13)15-11(2)14(16-3)17-4/h5-9,11,14-15H,1,10H2,2-4H3. The van der Waals surface area contributed by atoms with Gasteiger partial charge in [-0.1, -0.05) is 18.2 Å². The zero-order valence-electron chi connectivity index (χ0n) is 11.2. The molecular weight excluding hydrogens is 246 g/mol. The van der Waals surface area contributed by atoms with E-state index in [1.165, 1.54) is 4.90 Å². The van der Waals surface area contributed by atoms with Crippen LogP contribution in [0.1, 0.15) is 6.92 Å². The highest BCUT2D eigenvalue weighted by Crippen LogP contribution is 2.27. The fourth-order valence-corrected chi connectivity index (χ4v) is 2.43. The predicted octanol–water partition coefficient (Wildman–Crippen LogP) is 3.38. The van der Waals surface area contributed by atoms with Gasteiger partial charge in [0.05, 0.1) is 6.04 Å². The molecular formula is C14H21NO2S. The van der Waals surface area contributed by atoms with Gasteiger partial charge in [-0.3, -0.25) is 0 Å². The summed E-state index contributed by atoms with van der Waals surface area (Å²) in [6.45, 7) is 5.77. The largest absolute Gasteiger partial charge is 0.377 e. The van der Waals surface area contributed by atoms with Crippen LogP contribution in [0.25, 0.3) is 0 Å². The van der Waals surface area contributed by atoms with Crippen molar-refractivity contribution in [1.82, 2.24) is 0 Å². The molecule has 0 bridgehead atoms. The third-order valence-corrected chi connectivity index (χ3v) is 3.57. The molecule has 18 heavy (non-hydrogen) atoms. The van der Waals surface area contributed by atoms with Crippen LogP contribution in [-0.4, -0.2) is 32.3 Å². The fraction of sp³-hybridized carbons (Fsp3) is 0.429. The number of thioether (sulfide) groups is 1. The molecule has 0 aliphatic carbocycles. The second-order valence-corrected chi connectivity index (χ2v) is 4.93. The summed E-state index contributed by atoms with van der Waals surface area (Å²) < 4.78 is 10.5. The van der Waals surface area contributed by atoms with E-state index in [1.807, 2.05) is 25.1 Å². The van der Waals surface area contributed by atoms with Crippen molar-refractivity contribution in [2.24, 2.45) is 0 Å². The zero-order valence-corrected chi connectivity index (χ0v) is 12.0. The van der Waals surface area contributed by atoms with Gasteiger partial charge < -0.3 is 14.8 Å². The number of hydrogen-bond donors (Lipinski definition) is 1. The minimum Gasteiger partial charge on any atom is -0.377 e. The van der Waals surface area contributed by atoms with Crippen LogP contribution in [-0.2, 0) is 9.47 Å². The fourth-order valence-electron chi connectivity index (χ4n) is 1.68. The number of para-hydroxylation sites is 1. The summed E-state index contributed by atoms with van der Waals surface area (Å²) >= 11 is 1.75. The van der Waals surface area contributed by atoms with E-state index in [4.69, 9.17) is 9.47 Å². The van der Waals surface area contributed by atoms with Gasteiger partial charge in [0.15, 0.2) is 6.29 Å². The van der Waals surface area contributed by atoms with Crippen molar-refractivity contribution in [3.63, 3.8) is 0 Å². The first kappa shape index (κ1) is 15.1. The number of nitrogens with one attached hydrogen (secondary N) is 1. The topological polar surface area (TPSA) is 30.5 Å². The number of methoxy groups -OCH3 is 2. The molecule has 0 amide bonds. The maximum Gasteiger partial charge on any atom is 0.176 e. The van der Waals surface area contributed by atoms with Crippen LogP contribution in [0.5, 0.6) is 0 Å². The van der Waals surface area contributed by atoms with E-state index in [9.17, 15) is 0 Å². The molecule has 0 aliphatic heterocycles. The Bertz CT molecular complexity index is 367. The van der Waals surface area contributed by atoms with Gasteiger partial charge in [0, 0.05) is 30.6 Å². The van der Waals surface area contributed by atoms with Crippen LogP contribution in [0.2, 0.25) is 0 Å². The SMILES string of the molecule is C=CCSc1ccccc1NC(C)C(OC)OC. The Morgan fingerprint density at radius 2 is 2.00 bits per heavy atom. The highest BCUT2D eigenvalue weighted by atomic mass is 32.2. The predicted molar refractivity (Wildman–Crippen MR) is 78.3 cm³/mol. The van der Waals surface area contributed by atoms with E-state index < -0.39 is 0 Å². The summed E-state index contributed by atoms with van der Waals surface area (Å²) in [6.07, 6.45) is 1.64. The molecule has 1 unspecified atom stereocenters. The molecule has 0 radical (unpaired) electrons. The maximum atomic E-state index is 5.25. The molecule has 100 valence electrons. The van der Waals surface area contributed by atoms with E-state index >= 15 is 0 Å². The third-order valence-electron chi connectivity index (χ3n) is 2.50. The summed E-state index contributed by atoms with van der Waals surface area (Å²) in [5.74, 6) is 0.894. The quantitative estimate of drug-likeness (QED) is 0.444. The molecule has 1 N–H and O–H groups in total. The van der Waals surface area contributed by atoms with Gasteiger partial charge in [-0.25, -0.2) is 0 Å². The van der Waals surface area contributed by atoms with Gasteiger partial charge in [-0.2, -0.15) is 0 Å². The lowest BCUT2D eigenvalue weighted by Crippen LogP contribution is -2.33. The zero-order chi connectivity index (χ0) is 13.4. The first-order chi connectivity index (χ1) is 8.72. The Balaban J connectivity index is 2.73. The Hall–Kier alpha value is -0.970. The Morgan fingerprint density at radius 3 is 2.61 bits per heavy atom. The average Bonchev–Trinajstić information content (AvgIpc) is 2.39. The van der Waals surface area contributed by atoms with E-state index in [0.29, 0.717) is 0 Å². The molecule has 0 aromatic heterocycles. The van der Waals surface area contributed by atoms with Crippen molar-refractivity contribution in [3.8, 4) is 0 Å².